The molecule has 5 amide bonds. The number of urea groups is 1. The van der Waals surface area contributed by atoms with E-state index >= 15 is 0 Å². The van der Waals surface area contributed by atoms with Crippen LogP contribution < -0.4 is 25.0 Å². The van der Waals surface area contributed by atoms with Gasteiger partial charge in [-0.1, -0.05) is 6.07 Å². The topological polar surface area (TPSA) is 117 Å². The van der Waals surface area contributed by atoms with Crippen molar-refractivity contribution in [2.45, 2.75) is 25.3 Å². The maximum absolute atomic E-state index is 13.2. The number of hydrogen-bond acceptors (Lipinski definition) is 6. The Morgan fingerprint density at radius 1 is 1.06 bits per heavy atom. The molecule has 34 heavy (non-hydrogen) atoms. The molecule has 2 aromatic carbocycles. The van der Waals surface area contributed by atoms with Crippen LogP contribution in [0.3, 0.4) is 0 Å². The maximum Gasteiger partial charge on any atom is 0.325 e. The Labute approximate surface area is 196 Å². The summed E-state index contributed by atoms with van der Waals surface area (Å²) in [6.45, 7) is 1.81. The van der Waals surface area contributed by atoms with Crippen LogP contribution in [-0.4, -0.2) is 56.0 Å². The Morgan fingerprint density at radius 3 is 2.38 bits per heavy atom. The number of amides is 5. The molecule has 0 aliphatic carbocycles. The van der Waals surface area contributed by atoms with Crippen LogP contribution in [-0.2, 0) is 19.9 Å². The molecule has 0 bridgehead atoms. The third-order valence-corrected chi connectivity index (χ3v) is 6.07. The SMILES string of the molecule is COc1ccc(C2(C)NC(=O)N(CC(=O)Nc3ccc(N4CCCC4=O)cc3)C2=O)cc1OC. The Bertz CT molecular complexity index is 1150. The predicted molar refractivity (Wildman–Crippen MR) is 124 cm³/mol. The van der Waals surface area contributed by atoms with E-state index in [1.54, 1.807) is 54.3 Å². The first-order chi connectivity index (χ1) is 16.3. The monoisotopic (exact) mass is 466 g/mol. The van der Waals surface area contributed by atoms with Crippen molar-refractivity contribution in [2.75, 3.05) is 37.5 Å². The highest BCUT2D eigenvalue weighted by Gasteiger charge is 2.49. The Morgan fingerprint density at radius 2 is 1.76 bits per heavy atom. The van der Waals surface area contributed by atoms with Crippen molar-refractivity contribution in [1.82, 2.24) is 10.2 Å². The van der Waals surface area contributed by atoms with Crippen LogP contribution in [0.4, 0.5) is 16.2 Å². The molecule has 4 rings (SSSR count). The molecule has 2 fully saturated rings. The van der Waals surface area contributed by atoms with Gasteiger partial charge >= 0.3 is 6.03 Å². The van der Waals surface area contributed by atoms with Gasteiger partial charge in [-0.15, -0.1) is 0 Å². The number of carbonyl (C=O) groups is 4. The van der Waals surface area contributed by atoms with Crippen LogP contribution in [0.2, 0.25) is 0 Å². The van der Waals surface area contributed by atoms with Crippen LogP contribution in [0.5, 0.6) is 11.5 Å². The second-order valence-electron chi connectivity index (χ2n) is 8.26. The molecule has 2 N–H and O–H groups in total. The zero-order valence-electron chi connectivity index (χ0n) is 19.2. The third kappa shape index (κ3) is 4.14. The van der Waals surface area contributed by atoms with E-state index < -0.39 is 29.9 Å². The normalized spacial score (nSPS) is 19.9. The van der Waals surface area contributed by atoms with Gasteiger partial charge < -0.3 is 25.0 Å². The molecule has 2 aliphatic heterocycles. The van der Waals surface area contributed by atoms with Crippen molar-refractivity contribution in [3.8, 4) is 11.5 Å². The molecule has 2 aromatic rings. The summed E-state index contributed by atoms with van der Waals surface area (Å²) in [5.41, 5.74) is 0.398. The first-order valence-corrected chi connectivity index (χ1v) is 10.8. The molecule has 0 saturated carbocycles. The standard InChI is InChI=1S/C24H26N4O6/c1-24(15-6-11-18(33-2)19(13-15)34-3)22(31)28(23(32)26-24)14-20(29)25-16-7-9-17(10-8-16)27-12-4-5-21(27)30/h6-11,13H,4-5,12,14H2,1-3H3,(H,25,29)(H,26,32). The van der Waals surface area contributed by atoms with Crippen LogP contribution >= 0.6 is 0 Å². The van der Waals surface area contributed by atoms with Crippen molar-refractivity contribution in [2.24, 2.45) is 0 Å². The minimum atomic E-state index is -1.36. The highest BCUT2D eigenvalue weighted by molar-refractivity contribution is 6.10. The summed E-state index contributed by atoms with van der Waals surface area (Å²) in [6, 6.07) is 11.1. The van der Waals surface area contributed by atoms with Gasteiger partial charge in [0.25, 0.3) is 5.91 Å². The van der Waals surface area contributed by atoms with E-state index in [2.05, 4.69) is 10.6 Å². The minimum Gasteiger partial charge on any atom is -0.493 e. The average molecular weight is 466 g/mol. The van der Waals surface area contributed by atoms with Crippen molar-refractivity contribution >= 4 is 35.1 Å². The molecule has 1 unspecified atom stereocenters. The summed E-state index contributed by atoms with van der Waals surface area (Å²) >= 11 is 0. The highest BCUT2D eigenvalue weighted by atomic mass is 16.5. The zero-order chi connectivity index (χ0) is 24.5. The van der Waals surface area contributed by atoms with E-state index in [4.69, 9.17) is 9.47 Å². The van der Waals surface area contributed by atoms with Crippen LogP contribution in [0, 0.1) is 0 Å². The average Bonchev–Trinajstić information content (AvgIpc) is 3.35. The first kappa shape index (κ1) is 23.1. The number of ether oxygens (including phenoxy) is 2. The fourth-order valence-corrected chi connectivity index (χ4v) is 4.17. The quantitative estimate of drug-likeness (QED) is 0.605. The number of nitrogens with zero attached hydrogens (tertiary/aromatic N) is 2. The summed E-state index contributed by atoms with van der Waals surface area (Å²) in [5, 5.41) is 5.36. The number of anilines is 2. The van der Waals surface area contributed by atoms with E-state index in [0.717, 1.165) is 17.0 Å². The van der Waals surface area contributed by atoms with E-state index in [-0.39, 0.29) is 5.91 Å². The van der Waals surface area contributed by atoms with Gasteiger partial charge in [0.2, 0.25) is 11.8 Å². The fourth-order valence-electron chi connectivity index (χ4n) is 4.17. The molecule has 10 heteroatoms. The first-order valence-electron chi connectivity index (χ1n) is 10.8. The van der Waals surface area contributed by atoms with Crippen LogP contribution in [0.15, 0.2) is 42.5 Å². The largest absolute Gasteiger partial charge is 0.493 e. The van der Waals surface area contributed by atoms with Gasteiger partial charge in [-0.2, -0.15) is 0 Å². The lowest BCUT2D eigenvalue weighted by Gasteiger charge is -2.23. The van der Waals surface area contributed by atoms with E-state index in [9.17, 15) is 19.2 Å². The number of methoxy groups -OCH3 is 2. The molecule has 10 nitrogen and oxygen atoms in total. The lowest BCUT2D eigenvalue weighted by molar-refractivity contribution is -0.133. The van der Waals surface area contributed by atoms with Gasteiger partial charge in [0, 0.05) is 24.3 Å². The molecule has 0 spiro atoms. The Balaban J connectivity index is 1.44. The summed E-state index contributed by atoms with van der Waals surface area (Å²) < 4.78 is 10.5. The maximum atomic E-state index is 13.2. The molecule has 2 saturated heterocycles. The van der Waals surface area contributed by atoms with Gasteiger partial charge in [-0.3, -0.25) is 19.3 Å². The number of nitrogens with one attached hydrogen (secondary N) is 2. The molecule has 2 aliphatic rings. The molecule has 178 valence electrons. The zero-order valence-corrected chi connectivity index (χ0v) is 19.2. The summed E-state index contributed by atoms with van der Waals surface area (Å²) in [5.74, 6) is -0.0952. The van der Waals surface area contributed by atoms with Gasteiger partial charge in [0.05, 0.1) is 14.2 Å². The lowest BCUT2D eigenvalue weighted by Crippen LogP contribution is -2.42. The second kappa shape index (κ2) is 9.05. The van der Waals surface area contributed by atoms with Crippen molar-refractivity contribution < 1.29 is 28.7 Å². The molecular formula is C24H26N4O6. The molecule has 2 heterocycles. The smallest absolute Gasteiger partial charge is 0.325 e. The fraction of sp³-hybridized carbons (Fsp3) is 0.333. The highest BCUT2D eigenvalue weighted by Crippen LogP contribution is 2.35. The molecule has 0 aromatic heterocycles. The lowest BCUT2D eigenvalue weighted by atomic mass is 9.91. The predicted octanol–water partition coefficient (Wildman–Crippen LogP) is 2.24. The number of benzene rings is 2. The number of carbonyl (C=O) groups excluding carboxylic acids is 4. The second-order valence-corrected chi connectivity index (χ2v) is 8.26. The number of imide groups is 1. The van der Waals surface area contributed by atoms with Gasteiger partial charge in [0.15, 0.2) is 11.5 Å². The van der Waals surface area contributed by atoms with Gasteiger partial charge in [-0.25, -0.2) is 4.79 Å². The van der Waals surface area contributed by atoms with E-state index in [1.165, 1.54) is 14.2 Å². The van der Waals surface area contributed by atoms with Crippen molar-refractivity contribution in [1.29, 1.82) is 0 Å². The Kier molecular flexibility index (Phi) is 6.14. The van der Waals surface area contributed by atoms with E-state index in [1.807, 2.05) is 0 Å². The van der Waals surface area contributed by atoms with Crippen molar-refractivity contribution in [3.63, 3.8) is 0 Å². The van der Waals surface area contributed by atoms with Crippen molar-refractivity contribution in [3.05, 3.63) is 48.0 Å². The molecule has 1 atom stereocenters. The summed E-state index contributed by atoms with van der Waals surface area (Å²) in [7, 11) is 2.98. The summed E-state index contributed by atoms with van der Waals surface area (Å²) in [4.78, 5) is 52.8. The Hall–Kier alpha value is -4.08. The molecule has 0 radical (unpaired) electrons. The molecular weight excluding hydrogens is 440 g/mol. The van der Waals surface area contributed by atoms with Crippen LogP contribution in [0.1, 0.15) is 25.3 Å². The van der Waals surface area contributed by atoms with E-state index in [0.29, 0.717) is 35.7 Å². The van der Waals surface area contributed by atoms with Crippen LogP contribution in [0.25, 0.3) is 0 Å². The van der Waals surface area contributed by atoms with Gasteiger partial charge in [-0.05, 0) is 55.3 Å². The number of hydrogen-bond donors (Lipinski definition) is 2. The van der Waals surface area contributed by atoms with Gasteiger partial charge in [0.1, 0.15) is 12.1 Å². The minimum absolute atomic E-state index is 0.0767. The third-order valence-electron chi connectivity index (χ3n) is 6.07. The summed E-state index contributed by atoms with van der Waals surface area (Å²) in [6.07, 6.45) is 1.36. The number of rotatable bonds is 7.